The Morgan fingerprint density at radius 3 is 2.67 bits per heavy atom. The molecule has 6 heteroatoms. The van der Waals surface area contributed by atoms with Crippen LogP contribution in [0, 0.1) is 5.82 Å². The number of hydrogen-bond donors (Lipinski definition) is 1. The highest BCUT2D eigenvalue weighted by molar-refractivity contribution is 5.90. The highest BCUT2D eigenvalue weighted by Crippen LogP contribution is 2.14. The average Bonchev–Trinajstić information content (AvgIpc) is 3.17. The quantitative estimate of drug-likeness (QED) is 0.601. The molecule has 0 fully saturated rings. The number of furan rings is 1. The number of amides is 1. The summed E-state index contributed by atoms with van der Waals surface area (Å²) in [4.78, 5) is 12.0. The normalized spacial score (nSPS) is 10.6. The molecule has 0 saturated carbocycles. The Balaban J connectivity index is 1.41. The third kappa shape index (κ3) is 6.27. The monoisotopic (exact) mass is 369 g/mol. The van der Waals surface area contributed by atoms with Crippen LogP contribution in [-0.2, 0) is 22.7 Å². The van der Waals surface area contributed by atoms with E-state index in [1.165, 1.54) is 24.3 Å². The number of nitrogens with one attached hydrogen (secondary N) is 1. The second-order valence-electron chi connectivity index (χ2n) is 5.87. The number of benzene rings is 2. The number of rotatable bonds is 9. The van der Waals surface area contributed by atoms with Gasteiger partial charge in [0.1, 0.15) is 23.9 Å². The van der Waals surface area contributed by atoms with Crippen molar-refractivity contribution in [2.75, 3.05) is 11.9 Å². The van der Waals surface area contributed by atoms with Crippen LogP contribution in [0.3, 0.4) is 0 Å². The van der Waals surface area contributed by atoms with Gasteiger partial charge in [-0.25, -0.2) is 4.39 Å². The molecule has 0 radical (unpaired) electrons. The smallest absolute Gasteiger partial charge is 0.227 e. The molecule has 0 aliphatic carbocycles. The summed E-state index contributed by atoms with van der Waals surface area (Å²) in [5, 5.41) is 2.83. The Hall–Kier alpha value is -3.12. The lowest BCUT2D eigenvalue weighted by molar-refractivity contribution is -0.116. The first-order valence-corrected chi connectivity index (χ1v) is 8.56. The molecule has 1 amide bonds. The van der Waals surface area contributed by atoms with E-state index in [9.17, 15) is 9.18 Å². The summed E-state index contributed by atoms with van der Waals surface area (Å²) < 4.78 is 29.1. The van der Waals surface area contributed by atoms with E-state index in [1.54, 1.807) is 6.26 Å². The van der Waals surface area contributed by atoms with Crippen LogP contribution in [0.5, 0.6) is 5.75 Å². The minimum atomic E-state index is -0.326. The standard InChI is InChI=1S/C21H20FNO4/c22-17-6-8-19(9-7-17)27-12-10-21(24)23-18-4-1-3-16(13-18)14-25-15-20-5-2-11-26-20/h1-9,11,13H,10,12,14-15H2,(H,23,24). The minimum Gasteiger partial charge on any atom is -0.493 e. The molecule has 0 spiro atoms. The summed E-state index contributed by atoms with van der Waals surface area (Å²) in [5.41, 5.74) is 1.64. The Labute approximate surface area is 156 Å². The van der Waals surface area contributed by atoms with E-state index in [2.05, 4.69) is 5.32 Å². The first-order valence-electron chi connectivity index (χ1n) is 8.56. The molecule has 2 aromatic carbocycles. The van der Waals surface area contributed by atoms with Gasteiger partial charge in [0.2, 0.25) is 5.91 Å². The van der Waals surface area contributed by atoms with E-state index in [0.29, 0.717) is 24.7 Å². The minimum absolute atomic E-state index is 0.161. The molecule has 0 unspecified atom stereocenters. The molecule has 27 heavy (non-hydrogen) atoms. The topological polar surface area (TPSA) is 60.7 Å². The lowest BCUT2D eigenvalue weighted by atomic mass is 10.2. The molecule has 0 atom stereocenters. The van der Waals surface area contributed by atoms with Gasteiger partial charge in [-0.15, -0.1) is 0 Å². The summed E-state index contributed by atoms with van der Waals surface area (Å²) in [6.07, 6.45) is 1.80. The van der Waals surface area contributed by atoms with E-state index in [4.69, 9.17) is 13.9 Å². The fourth-order valence-electron chi connectivity index (χ4n) is 2.42. The van der Waals surface area contributed by atoms with Crippen LogP contribution >= 0.6 is 0 Å². The van der Waals surface area contributed by atoms with Gasteiger partial charge in [0.05, 0.1) is 25.9 Å². The maximum atomic E-state index is 12.8. The van der Waals surface area contributed by atoms with Crippen LogP contribution < -0.4 is 10.1 Å². The highest BCUT2D eigenvalue weighted by Gasteiger charge is 2.05. The summed E-state index contributed by atoms with van der Waals surface area (Å²) in [5.74, 6) is 0.805. The maximum absolute atomic E-state index is 12.8. The van der Waals surface area contributed by atoms with Crippen LogP contribution in [0.2, 0.25) is 0 Å². The SMILES string of the molecule is O=C(CCOc1ccc(F)cc1)Nc1cccc(COCc2ccco2)c1. The zero-order chi connectivity index (χ0) is 18.9. The molecule has 140 valence electrons. The first-order chi connectivity index (χ1) is 13.2. The van der Waals surface area contributed by atoms with E-state index < -0.39 is 0 Å². The molecule has 0 saturated heterocycles. The van der Waals surface area contributed by atoms with Crippen LogP contribution in [-0.4, -0.2) is 12.5 Å². The Morgan fingerprint density at radius 2 is 1.89 bits per heavy atom. The van der Waals surface area contributed by atoms with Crippen molar-refractivity contribution in [1.82, 2.24) is 0 Å². The molecule has 0 bridgehead atoms. The molecule has 1 aromatic heterocycles. The van der Waals surface area contributed by atoms with Crippen molar-refractivity contribution in [3.63, 3.8) is 0 Å². The molecule has 1 N–H and O–H groups in total. The van der Waals surface area contributed by atoms with Crippen molar-refractivity contribution < 1.29 is 23.1 Å². The largest absolute Gasteiger partial charge is 0.493 e. The molecule has 0 aliphatic rings. The van der Waals surface area contributed by atoms with E-state index >= 15 is 0 Å². The van der Waals surface area contributed by atoms with Crippen LogP contribution in [0.25, 0.3) is 0 Å². The van der Waals surface area contributed by atoms with E-state index in [0.717, 1.165) is 11.3 Å². The van der Waals surface area contributed by atoms with Crippen LogP contribution in [0.15, 0.2) is 71.3 Å². The van der Waals surface area contributed by atoms with E-state index in [1.807, 2.05) is 36.4 Å². The summed E-state index contributed by atoms with van der Waals surface area (Å²) >= 11 is 0. The molecule has 0 aliphatic heterocycles. The average molecular weight is 369 g/mol. The van der Waals surface area contributed by atoms with Crippen molar-refractivity contribution in [3.8, 4) is 5.75 Å². The Kier molecular flexibility index (Phi) is 6.60. The van der Waals surface area contributed by atoms with Crippen LogP contribution in [0.4, 0.5) is 10.1 Å². The van der Waals surface area contributed by atoms with Crippen molar-refractivity contribution in [2.45, 2.75) is 19.6 Å². The first kappa shape index (κ1) is 18.7. The summed E-state index contributed by atoms with van der Waals surface area (Å²) in [6, 6.07) is 16.8. The highest BCUT2D eigenvalue weighted by atomic mass is 19.1. The third-order valence-corrected chi connectivity index (χ3v) is 3.72. The van der Waals surface area contributed by atoms with Gasteiger partial charge in [0.25, 0.3) is 0 Å². The van der Waals surface area contributed by atoms with Crippen LogP contribution in [0.1, 0.15) is 17.7 Å². The molecular weight excluding hydrogens is 349 g/mol. The molecular formula is C21H20FNO4. The number of carbonyl (C=O) groups is 1. The fourth-order valence-corrected chi connectivity index (χ4v) is 2.42. The lowest BCUT2D eigenvalue weighted by Gasteiger charge is -2.09. The van der Waals surface area contributed by atoms with Crippen molar-refractivity contribution >= 4 is 11.6 Å². The Morgan fingerprint density at radius 1 is 1.04 bits per heavy atom. The third-order valence-electron chi connectivity index (χ3n) is 3.72. The van der Waals surface area contributed by atoms with Gasteiger partial charge >= 0.3 is 0 Å². The zero-order valence-corrected chi connectivity index (χ0v) is 14.7. The van der Waals surface area contributed by atoms with Crippen molar-refractivity contribution in [1.29, 1.82) is 0 Å². The fraction of sp³-hybridized carbons (Fsp3) is 0.190. The summed E-state index contributed by atoms with van der Waals surface area (Å²) in [7, 11) is 0. The second-order valence-corrected chi connectivity index (χ2v) is 5.87. The number of halogens is 1. The molecule has 1 heterocycles. The van der Waals surface area contributed by atoms with Gasteiger partial charge < -0.3 is 19.2 Å². The van der Waals surface area contributed by atoms with Gasteiger partial charge in [-0.1, -0.05) is 12.1 Å². The number of ether oxygens (including phenoxy) is 2. The Bertz CT molecular complexity index is 847. The molecule has 3 aromatic rings. The zero-order valence-electron chi connectivity index (χ0n) is 14.7. The number of hydrogen-bond acceptors (Lipinski definition) is 4. The second kappa shape index (κ2) is 9.54. The van der Waals surface area contributed by atoms with E-state index in [-0.39, 0.29) is 24.8 Å². The number of carbonyl (C=O) groups excluding carboxylic acids is 1. The van der Waals surface area contributed by atoms with Gasteiger partial charge in [-0.05, 0) is 54.1 Å². The predicted molar refractivity (Wildman–Crippen MR) is 98.8 cm³/mol. The summed E-state index contributed by atoms with van der Waals surface area (Å²) in [6.45, 7) is 1.02. The van der Waals surface area contributed by atoms with Gasteiger partial charge in [0.15, 0.2) is 0 Å². The molecule has 3 rings (SSSR count). The van der Waals surface area contributed by atoms with Crippen molar-refractivity contribution in [2.24, 2.45) is 0 Å². The maximum Gasteiger partial charge on any atom is 0.227 e. The number of anilines is 1. The van der Waals surface area contributed by atoms with Gasteiger partial charge in [0, 0.05) is 5.69 Å². The predicted octanol–water partition coefficient (Wildman–Crippen LogP) is 4.54. The van der Waals surface area contributed by atoms with Gasteiger partial charge in [-0.3, -0.25) is 4.79 Å². The molecule has 5 nitrogen and oxygen atoms in total. The lowest BCUT2D eigenvalue weighted by Crippen LogP contribution is -2.15. The van der Waals surface area contributed by atoms with Crippen molar-refractivity contribution in [3.05, 3.63) is 84.1 Å². The van der Waals surface area contributed by atoms with Gasteiger partial charge in [-0.2, -0.15) is 0 Å².